The molecule has 0 saturated carbocycles. The van der Waals surface area contributed by atoms with E-state index in [9.17, 15) is 13.6 Å². The summed E-state index contributed by atoms with van der Waals surface area (Å²) in [6, 6.07) is 27.7. The first-order valence-corrected chi connectivity index (χ1v) is 21.1. The normalized spacial score (nSPS) is 17.1. The van der Waals surface area contributed by atoms with Crippen molar-refractivity contribution < 1.29 is 27.5 Å². The monoisotopic (exact) mass is 761 g/mol. The molecule has 0 aliphatic carbocycles. The van der Waals surface area contributed by atoms with Gasteiger partial charge in [-0.3, -0.25) is 4.79 Å². The Bertz CT molecular complexity index is 1740. The summed E-state index contributed by atoms with van der Waals surface area (Å²) in [6.45, 7) is 11.7. The van der Waals surface area contributed by atoms with Crippen LogP contribution in [0, 0.1) is 17.6 Å². The number of hydrogen-bond acceptors (Lipinski definition) is 4. The zero-order valence-electron chi connectivity index (χ0n) is 29.4. The van der Waals surface area contributed by atoms with Gasteiger partial charge in [-0.15, -0.1) is 0 Å². The van der Waals surface area contributed by atoms with Crippen molar-refractivity contribution in [2.75, 3.05) is 16.8 Å². The number of allylic oxidation sites excluding steroid dienone is 1. The minimum atomic E-state index is -2.24. The second kappa shape index (κ2) is 16.5. The highest BCUT2D eigenvalue weighted by molar-refractivity contribution is 9.09. The Balaban J connectivity index is 1.50. The van der Waals surface area contributed by atoms with Crippen LogP contribution in [0.25, 0.3) is 0 Å². The number of carbonyl (C=O) groups is 1. The van der Waals surface area contributed by atoms with E-state index < -0.39 is 14.2 Å². The van der Waals surface area contributed by atoms with Crippen LogP contribution in [0.5, 0.6) is 11.5 Å². The molecule has 3 atom stereocenters. The van der Waals surface area contributed by atoms with Crippen LogP contribution in [-0.2, 0) is 15.8 Å². The molecule has 1 heterocycles. The first-order chi connectivity index (χ1) is 23.9. The molecular formula is C41H46BrF2NO4Si. The summed E-state index contributed by atoms with van der Waals surface area (Å²) < 4.78 is 47.4. The molecule has 1 saturated heterocycles. The number of alkyl halides is 1. The lowest BCUT2D eigenvalue weighted by Gasteiger charge is -2.48. The highest BCUT2D eigenvalue weighted by Gasteiger charge is 2.50. The molecule has 1 fully saturated rings. The molecule has 5 rings (SSSR count). The summed E-state index contributed by atoms with van der Waals surface area (Å²) in [5, 5.41) is 0.693. The summed E-state index contributed by atoms with van der Waals surface area (Å²) in [5.74, 6) is 0.115. The van der Waals surface area contributed by atoms with Crippen molar-refractivity contribution in [1.82, 2.24) is 0 Å². The van der Waals surface area contributed by atoms with Crippen LogP contribution in [0.3, 0.4) is 0 Å². The Kier molecular flexibility index (Phi) is 12.4. The molecule has 4 aromatic rings. The van der Waals surface area contributed by atoms with Crippen LogP contribution in [0.4, 0.5) is 14.5 Å². The molecule has 0 radical (unpaired) electrons. The first kappa shape index (κ1) is 37.5. The predicted octanol–water partition coefficient (Wildman–Crippen LogP) is 11.1. The molecule has 0 N–H and O–H groups in total. The number of nitrogens with zero attached hydrogens (tertiary/aromatic N) is 1. The second-order valence-electron chi connectivity index (χ2n) is 14.1. The van der Waals surface area contributed by atoms with Crippen molar-refractivity contribution in [3.05, 3.63) is 138 Å². The standard InChI is InChI=1S/C41H46BrF2NO4Si/c1-41(2,3)50(4,5)49-37(30-13-15-31(43)16-14-30)24-23-36-39(45(40(36)46)33-19-17-32(44)18-20-33)35-22-21-34(47-26-10-9-25-42)27-38(35)48-28-29-11-7-6-8-12-29/h6-22,27,36-37,39H,23-26,28H2,1-5H3/b10-9+. The maximum Gasteiger partial charge on any atom is 0.233 e. The van der Waals surface area contributed by atoms with Gasteiger partial charge in [0.25, 0.3) is 0 Å². The Morgan fingerprint density at radius 1 is 0.880 bits per heavy atom. The van der Waals surface area contributed by atoms with Gasteiger partial charge in [-0.05, 0) is 90.6 Å². The number of rotatable bonds is 15. The quantitative estimate of drug-likeness (QED) is 0.0524. The Labute approximate surface area is 304 Å². The number of ether oxygens (including phenoxy) is 2. The third-order valence-electron chi connectivity index (χ3n) is 9.69. The summed E-state index contributed by atoms with van der Waals surface area (Å²) in [4.78, 5) is 15.8. The smallest absolute Gasteiger partial charge is 0.233 e. The van der Waals surface area contributed by atoms with Gasteiger partial charge in [0.1, 0.15) is 36.3 Å². The molecule has 50 heavy (non-hydrogen) atoms. The molecule has 264 valence electrons. The number of β-lactam (4-membered cyclic amide) rings is 1. The minimum absolute atomic E-state index is 0.0434. The third kappa shape index (κ3) is 9.10. The van der Waals surface area contributed by atoms with Crippen molar-refractivity contribution in [1.29, 1.82) is 0 Å². The van der Waals surface area contributed by atoms with Gasteiger partial charge >= 0.3 is 0 Å². The van der Waals surface area contributed by atoms with E-state index in [2.05, 4.69) is 49.8 Å². The predicted molar refractivity (Wildman–Crippen MR) is 202 cm³/mol. The molecule has 9 heteroatoms. The van der Waals surface area contributed by atoms with Crippen LogP contribution in [-0.4, -0.2) is 26.2 Å². The maximum atomic E-state index is 14.1. The minimum Gasteiger partial charge on any atom is -0.489 e. The first-order valence-electron chi connectivity index (χ1n) is 17.0. The molecule has 1 aliphatic heterocycles. The van der Waals surface area contributed by atoms with Crippen LogP contribution < -0.4 is 14.4 Å². The summed E-state index contributed by atoms with van der Waals surface area (Å²) in [6.07, 6.45) is 4.67. The summed E-state index contributed by atoms with van der Waals surface area (Å²) in [5.41, 5.74) is 3.34. The van der Waals surface area contributed by atoms with Crippen molar-refractivity contribution in [3.8, 4) is 11.5 Å². The molecular weight excluding hydrogens is 716 g/mol. The van der Waals surface area contributed by atoms with Gasteiger partial charge in [-0.2, -0.15) is 0 Å². The van der Waals surface area contributed by atoms with Crippen molar-refractivity contribution in [2.45, 2.75) is 70.5 Å². The molecule has 0 spiro atoms. The van der Waals surface area contributed by atoms with Crippen molar-refractivity contribution >= 4 is 35.8 Å². The molecule has 0 aromatic heterocycles. The zero-order chi connectivity index (χ0) is 35.9. The Morgan fingerprint density at radius 2 is 1.54 bits per heavy atom. The lowest BCUT2D eigenvalue weighted by Crippen LogP contribution is -2.55. The molecule has 1 amide bonds. The van der Waals surface area contributed by atoms with Gasteiger partial charge < -0.3 is 18.8 Å². The third-order valence-corrected chi connectivity index (χ3v) is 14.5. The number of halogens is 3. The average Bonchev–Trinajstić information content (AvgIpc) is 3.09. The topological polar surface area (TPSA) is 48.0 Å². The van der Waals surface area contributed by atoms with E-state index in [1.54, 1.807) is 29.2 Å². The molecule has 0 bridgehead atoms. The number of anilines is 1. The largest absolute Gasteiger partial charge is 0.489 e. The van der Waals surface area contributed by atoms with Gasteiger partial charge in [0.15, 0.2) is 8.32 Å². The highest BCUT2D eigenvalue weighted by atomic mass is 79.9. The van der Waals surface area contributed by atoms with Crippen molar-refractivity contribution in [2.24, 2.45) is 5.92 Å². The average molecular weight is 763 g/mol. The number of hydrogen-bond donors (Lipinski definition) is 0. The van der Waals surface area contributed by atoms with E-state index in [0.29, 0.717) is 43.2 Å². The van der Waals surface area contributed by atoms with E-state index in [1.807, 2.05) is 60.7 Å². The number of carbonyl (C=O) groups excluding carboxylic acids is 1. The van der Waals surface area contributed by atoms with Crippen LogP contribution in [0.15, 0.2) is 109 Å². The molecule has 3 unspecified atom stereocenters. The fourth-order valence-electron chi connectivity index (χ4n) is 5.89. The van der Waals surface area contributed by atoms with E-state index in [0.717, 1.165) is 22.0 Å². The van der Waals surface area contributed by atoms with E-state index in [1.165, 1.54) is 24.3 Å². The second-order valence-corrected chi connectivity index (χ2v) is 19.5. The van der Waals surface area contributed by atoms with Crippen LogP contribution in [0.2, 0.25) is 18.1 Å². The summed E-state index contributed by atoms with van der Waals surface area (Å²) in [7, 11) is -2.24. The van der Waals surface area contributed by atoms with Crippen LogP contribution >= 0.6 is 15.9 Å². The molecule has 4 aromatic carbocycles. The highest BCUT2D eigenvalue weighted by Crippen LogP contribution is 2.50. The number of amides is 1. The van der Waals surface area contributed by atoms with Gasteiger partial charge in [-0.25, -0.2) is 8.78 Å². The van der Waals surface area contributed by atoms with Gasteiger partial charge in [-0.1, -0.05) is 91.3 Å². The van der Waals surface area contributed by atoms with Crippen LogP contribution in [0.1, 0.15) is 62.4 Å². The van der Waals surface area contributed by atoms with E-state index in [4.69, 9.17) is 13.9 Å². The lowest BCUT2D eigenvalue weighted by molar-refractivity contribution is -0.131. The van der Waals surface area contributed by atoms with Gasteiger partial charge in [0.05, 0.1) is 18.1 Å². The van der Waals surface area contributed by atoms with E-state index >= 15 is 0 Å². The Morgan fingerprint density at radius 3 is 2.18 bits per heavy atom. The van der Waals surface area contributed by atoms with Gasteiger partial charge in [0, 0.05) is 22.6 Å². The molecule has 5 nitrogen and oxygen atoms in total. The van der Waals surface area contributed by atoms with E-state index in [-0.39, 0.29) is 34.7 Å². The Hall–Kier alpha value is -3.79. The fraction of sp³-hybridized carbons (Fsp3) is 0.341. The SMILES string of the molecule is CC(C)(C)[Si](C)(C)OC(CCC1C(=O)N(c2ccc(F)cc2)C1c1ccc(OC/C=C/CBr)cc1OCc1ccccc1)c1ccc(F)cc1. The van der Waals surface area contributed by atoms with Gasteiger partial charge in [0.2, 0.25) is 5.91 Å². The summed E-state index contributed by atoms with van der Waals surface area (Å²) >= 11 is 3.39. The zero-order valence-corrected chi connectivity index (χ0v) is 32.0. The fourth-order valence-corrected chi connectivity index (χ4v) is 7.48. The van der Waals surface area contributed by atoms with Crippen molar-refractivity contribution in [3.63, 3.8) is 0 Å². The maximum absolute atomic E-state index is 14.1. The lowest BCUT2D eigenvalue weighted by atomic mass is 9.78. The molecule has 1 aliphatic rings. The number of benzene rings is 4.